The van der Waals surface area contributed by atoms with E-state index >= 15 is 0 Å². The van der Waals surface area contributed by atoms with Crippen LogP contribution in [-0.4, -0.2) is 30.5 Å². The molecule has 25 heavy (non-hydrogen) atoms. The lowest BCUT2D eigenvalue weighted by Crippen LogP contribution is -2.25. The number of benzene rings is 1. The van der Waals surface area contributed by atoms with Crippen molar-refractivity contribution in [1.82, 2.24) is 10.3 Å². The van der Waals surface area contributed by atoms with Crippen molar-refractivity contribution >= 4 is 23.6 Å². The van der Waals surface area contributed by atoms with Crippen LogP contribution in [0.2, 0.25) is 0 Å². The number of methoxy groups -OCH3 is 1. The van der Waals surface area contributed by atoms with Gasteiger partial charge in [0.15, 0.2) is 0 Å². The van der Waals surface area contributed by atoms with Gasteiger partial charge in [0.1, 0.15) is 5.03 Å². The number of ether oxygens (including phenoxy) is 1. The van der Waals surface area contributed by atoms with Gasteiger partial charge in [0.25, 0.3) is 5.91 Å². The van der Waals surface area contributed by atoms with E-state index in [-0.39, 0.29) is 18.3 Å². The summed E-state index contributed by atoms with van der Waals surface area (Å²) in [7, 11) is 1.35. The van der Waals surface area contributed by atoms with Gasteiger partial charge in [-0.3, -0.25) is 9.59 Å². The van der Waals surface area contributed by atoms with Gasteiger partial charge >= 0.3 is 5.97 Å². The fraction of sp³-hybridized carbons (Fsp3) is 0.316. The van der Waals surface area contributed by atoms with E-state index in [0.717, 1.165) is 10.5 Å². The van der Waals surface area contributed by atoms with Crippen LogP contribution in [0, 0.1) is 13.8 Å². The zero-order chi connectivity index (χ0) is 18.2. The Morgan fingerprint density at radius 1 is 1.24 bits per heavy atom. The van der Waals surface area contributed by atoms with Crippen molar-refractivity contribution in [3.63, 3.8) is 0 Å². The molecule has 0 atom stereocenters. The third-order valence-electron chi connectivity index (χ3n) is 3.62. The van der Waals surface area contributed by atoms with Crippen LogP contribution < -0.4 is 5.32 Å². The number of carbonyl (C=O) groups is 2. The lowest BCUT2D eigenvalue weighted by atomic mass is 10.2. The van der Waals surface area contributed by atoms with Gasteiger partial charge in [-0.2, -0.15) is 0 Å². The zero-order valence-corrected chi connectivity index (χ0v) is 15.5. The number of aromatic nitrogens is 1. The molecule has 0 fully saturated rings. The highest BCUT2D eigenvalue weighted by Crippen LogP contribution is 2.31. The first-order chi connectivity index (χ1) is 12.0. The average Bonchev–Trinajstić information content (AvgIpc) is 2.61. The summed E-state index contributed by atoms with van der Waals surface area (Å²) >= 11 is 1.48. The van der Waals surface area contributed by atoms with Crippen LogP contribution in [0.4, 0.5) is 0 Å². The lowest BCUT2D eigenvalue weighted by Gasteiger charge is -2.10. The molecule has 0 saturated carbocycles. The van der Waals surface area contributed by atoms with Gasteiger partial charge in [-0.15, -0.1) is 0 Å². The highest BCUT2D eigenvalue weighted by Gasteiger charge is 2.14. The number of nitrogens with one attached hydrogen (secondary N) is 1. The Bertz CT molecular complexity index is 762. The Morgan fingerprint density at radius 2 is 2.04 bits per heavy atom. The maximum atomic E-state index is 12.4. The third-order valence-corrected chi connectivity index (χ3v) is 4.82. The van der Waals surface area contributed by atoms with Crippen LogP contribution >= 0.6 is 11.8 Å². The number of aryl methyl sites for hydroxylation is 2. The van der Waals surface area contributed by atoms with Crippen molar-refractivity contribution in [2.75, 3.05) is 13.7 Å². The minimum atomic E-state index is -0.276. The van der Waals surface area contributed by atoms with E-state index in [1.807, 2.05) is 19.1 Å². The lowest BCUT2D eigenvalue weighted by molar-refractivity contribution is -0.140. The Morgan fingerprint density at radius 3 is 2.76 bits per heavy atom. The van der Waals surface area contributed by atoms with E-state index in [1.54, 1.807) is 18.3 Å². The summed E-state index contributed by atoms with van der Waals surface area (Å²) in [4.78, 5) is 28.9. The van der Waals surface area contributed by atoms with E-state index in [0.29, 0.717) is 23.6 Å². The SMILES string of the molecule is COC(=O)CCCNC(=O)c1cccnc1Sc1ccc(C)cc1C. The molecule has 5 nitrogen and oxygen atoms in total. The Balaban J connectivity index is 2.04. The van der Waals surface area contributed by atoms with E-state index in [4.69, 9.17) is 0 Å². The highest BCUT2D eigenvalue weighted by atomic mass is 32.2. The first kappa shape index (κ1) is 19.0. The maximum Gasteiger partial charge on any atom is 0.305 e. The summed E-state index contributed by atoms with van der Waals surface area (Å²) in [6, 6.07) is 9.70. The molecule has 1 N–H and O–H groups in total. The number of hydrogen-bond acceptors (Lipinski definition) is 5. The predicted molar refractivity (Wildman–Crippen MR) is 97.9 cm³/mol. The Hall–Kier alpha value is -2.34. The number of amides is 1. The van der Waals surface area contributed by atoms with Crippen LogP contribution in [-0.2, 0) is 9.53 Å². The molecule has 1 amide bonds. The van der Waals surface area contributed by atoms with Gasteiger partial charge in [0, 0.05) is 24.1 Å². The molecule has 1 heterocycles. The normalized spacial score (nSPS) is 10.4. The summed E-state index contributed by atoms with van der Waals surface area (Å²) in [5.74, 6) is -0.466. The van der Waals surface area contributed by atoms with Gasteiger partial charge in [0.05, 0.1) is 12.7 Å². The molecule has 0 saturated heterocycles. The van der Waals surface area contributed by atoms with Gasteiger partial charge in [0.2, 0.25) is 0 Å². The first-order valence-electron chi connectivity index (χ1n) is 8.06. The topological polar surface area (TPSA) is 68.3 Å². The third kappa shape index (κ3) is 5.60. The Labute approximate surface area is 152 Å². The molecule has 2 aromatic rings. The van der Waals surface area contributed by atoms with E-state index in [1.165, 1.54) is 24.4 Å². The number of nitrogens with zero attached hydrogens (tertiary/aromatic N) is 1. The Kier molecular flexibility index (Phi) is 7.01. The van der Waals surface area contributed by atoms with Crippen LogP contribution in [0.15, 0.2) is 46.5 Å². The highest BCUT2D eigenvalue weighted by molar-refractivity contribution is 7.99. The molecule has 0 radical (unpaired) electrons. The van der Waals surface area contributed by atoms with Gasteiger partial charge < -0.3 is 10.1 Å². The molecule has 1 aromatic carbocycles. The van der Waals surface area contributed by atoms with Gasteiger partial charge in [-0.25, -0.2) is 4.98 Å². The maximum absolute atomic E-state index is 12.4. The van der Waals surface area contributed by atoms with Crippen molar-refractivity contribution in [2.24, 2.45) is 0 Å². The second kappa shape index (κ2) is 9.22. The molecule has 0 unspecified atom stereocenters. The number of pyridine rings is 1. The number of hydrogen-bond donors (Lipinski definition) is 1. The molecule has 132 valence electrons. The first-order valence-corrected chi connectivity index (χ1v) is 8.88. The average molecular weight is 358 g/mol. The van der Waals surface area contributed by atoms with E-state index in [2.05, 4.69) is 28.0 Å². The molecular weight excluding hydrogens is 336 g/mol. The predicted octanol–water partition coefficient (Wildman–Crippen LogP) is 3.53. The molecule has 0 bridgehead atoms. The van der Waals surface area contributed by atoms with Gasteiger partial charge in [-0.05, 0) is 44.0 Å². The quantitative estimate of drug-likeness (QED) is 0.606. The molecule has 2 rings (SSSR count). The van der Waals surface area contributed by atoms with Crippen molar-refractivity contribution in [1.29, 1.82) is 0 Å². The summed E-state index contributed by atoms with van der Waals surface area (Å²) in [6.07, 6.45) is 2.51. The number of carbonyl (C=O) groups excluding carboxylic acids is 2. The summed E-state index contributed by atoms with van der Waals surface area (Å²) in [5, 5.41) is 3.49. The molecule has 0 aliphatic carbocycles. The monoisotopic (exact) mass is 358 g/mol. The van der Waals surface area contributed by atoms with Gasteiger partial charge in [-0.1, -0.05) is 29.5 Å². The standard InChI is InChI=1S/C19H22N2O3S/c1-13-8-9-16(14(2)12-13)25-19-15(6-4-11-21-19)18(23)20-10-5-7-17(22)24-3/h4,6,8-9,11-12H,5,7,10H2,1-3H3,(H,20,23). The fourth-order valence-corrected chi connectivity index (χ4v) is 3.24. The van der Waals surface area contributed by atoms with Crippen LogP contribution in [0.1, 0.15) is 34.3 Å². The largest absolute Gasteiger partial charge is 0.469 e. The summed E-state index contributed by atoms with van der Waals surface area (Å²) in [5.41, 5.74) is 2.89. The molecule has 0 aliphatic rings. The summed E-state index contributed by atoms with van der Waals surface area (Å²) in [6.45, 7) is 4.51. The molecule has 1 aromatic heterocycles. The van der Waals surface area contributed by atoms with Crippen LogP contribution in [0.3, 0.4) is 0 Å². The van der Waals surface area contributed by atoms with Crippen LogP contribution in [0.5, 0.6) is 0 Å². The zero-order valence-electron chi connectivity index (χ0n) is 14.7. The number of rotatable bonds is 7. The molecule has 6 heteroatoms. The van der Waals surface area contributed by atoms with E-state index in [9.17, 15) is 9.59 Å². The van der Waals surface area contributed by atoms with Crippen molar-refractivity contribution < 1.29 is 14.3 Å². The minimum Gasteiger partial charge on any atom is -0.469 e. The smallest absolute Gasteiger partial charge is 0.305 e. The second-order valence-electron chi connectivity index (χ2n) is 5.66. The summed E-state index contributed by atoms with van der Waals surface area (Å²) < 4.78 is 4.58. The van der Waals surface area contributed by atoms with Crippen molar-refractivity contribution in [3.05, 3.63) is 53.2 Å². The van der Waals surface area contributed by atoms with Crippen molar-refractivity contribution in [2.45, 2.75) is 36.6 Å². The fourth-order valence-electron chi connectivity index (χ4n) is 2.29. The van der Waals surface area contributed by atoms with Crippen LogP contribution in [0.25, 0.3) is 0 Å². The second-order valence-corrected chi connectivity index (χ2v) is 6.69. The molecule has 0 spiro atoms. The minimum absolute atomic E-state index is 0.190. The molecular formula is C19H22N2O3S. The van der Waals surface area contributed by atoms with Crippen molar-refractivity contribution in [3.8, 4) is 0 Å². The van der Waals surface area contributed by atoms with E-state index < -0.39 is 0 Å². The molecule has 0 aliphatic heterocycles. The number of esters is 1.